The number of thiophene rings is 1. The van der Waals surface area contributed by atoms with Crippen molar-refractivity contribution in [1.29, 1.82) is 0 Å². The number of likely N-dealkylation sites (tertiary alicyclic amines) is 1. The minimum Gasteiger partial charge on any atom is -0.380 e. The molecule has 3 atom stereocenters. The Morgan fingerprint density at radius 2 is 1.96 bits per heavy atom. The van der Waals surface area contributed by atoms with Crippen LogP contribution in [0.2, 0.25) is 0 Å². The monoisotopic (exact) mass is 402 g/mol. The summed E-state index contributed by atoms with van der Waals surface area (Å²) in [5, 5.41) is 25.0. The van der Waals surface area contributed by atoms with Crippen LogP contribution in [-0.2, 0) is 16.0 Å². The van der Waals surface area contributed by atoms with Crippen LogP contribution in [0.1, 0.15) is 34.9 Å². The normalized spacial score (nSPS) is 18.7. The third-order valence-corrected chi connectivity index (χ3v) is 6.01. The van der Waals surface area contributed by atoms with E-state index in [1.165, 1.54) is 0 Å². The van der Waals surface area contributed by atoms with Crippen molar-refractivity contribution in [2.45, 2.75) is 44.4 Å². The van der Waals surface area contributed by atoms with E-state index < -0.39 is 24.0 Å². The van der Waals surface area contributed by atoms with Crippen molar-refractivity contribution in [3.63, 3.8) is 0 Å². The summed E-state index contributed by atoms with van der Waals surface area (Å²) in [4.78, 5) is 27.6. The van der Waals surface area contributed by atoms with Gasteiger partial charge in [-0.25, -0.2) is 0 Å². The second-order valence-electron chi connectivity index (χ2n) is 7.11. The first-order chi connectivity index (χ1) is 13.5. The fraction of sp³-hybridized carbons (Fsp3) is 0.429. The van der Waals surface area contributed by atoms with E-state index in [9.17, 15) is 19.8 Å². The van der Waals surface area contributed by atoms with Gasteiger partial charge in [-0.2, -0.15) is 0 Å². The number of nitrogens with one attached hydrogen (secondary N) is 1. The molecule has 1 aromatic heterocycles. The van der Waals surface area contributed by atoms with E-state index in [2.05, 4.69) is 5.32 Å². The van der Waals surface area contributed by atoms with Crippen LogP contribution in [-0.4, -0.2) is 52.2 Å². The molecule has 1 aromatic carbocycles. The van der Waals surface area contributed by atoms with Crippen molar-refractivity contribution in [2.75, 3.05) is 13.1 Å². The van der Waals surface area contributed by atoms with Crippen LogP contribution in [0.3, 0.4) is 0 Å². The number of nitrogens with zero attached hydrogens (tertiary/aromatic N) is 1. The van der Waals surface area contributed by atoms with Crippen LogP contribution >= 0.6 is 11.3 Å². The molecule has 2 aromatic rings. The summed E-state index contributed by atoms with van der Waals surface area (Å²) >= 11 is 1.59. The first-order valence-corrected chi connectivity index (χ1v) is 10.4. The van der Waals surface area contributed by atoms with Crippen LogP contribution in [0.15, 0.2) is 41.8 Å². The number of hydrogen-bond acceptors (Lipinski definition) is 5. The molecule has 1 aliphatic heterocycles. The summed E-state index contributed by atoms with van der Waals surface area (Å²) in [5.41, 5.74) is 2.13. The third-order valence-electron chi connectivity index (χ3n) is 5.07. The number of rotatable bonds is 7. The third kappa shape index (κ3) is 4.79. The lowest BCUT2D eigenvalue weighted by Gasteiger charge is -2.28. The van der Waals surface area contributed by atoms with Crippen LogP contribution in [0.4, 0.5) is 0 Å². The van der Waals surface area contributed by atoms with E-state index >= 15 is 0 Å². The molecule has 7 heteroatoms. The molecule has 3 N–H and O–H groups in total. The number of amides is 2. The maximum absolute atomic E-state index is 12.7. The van der Waals surface area contributed by atoms with Gasteiger partial charge in [-0.05, 0) is 43.2 Å². The van der Waals surface area contributed by atoms with Gasteiger partial charge >= 0.3 is 0 Å². The highest BCUT2D eigenvalue weighted by Gasteiger charge is 2.38. The SMILES string of the molecule is Cc1ccc(C2CCCN2C(=O)[C@H](O)[C@@H](O)C(=O)NCCc2cccs2)cc1. The molecule has 3 rings (SSSR count). The fourth-order valence-corrected chi connectivity index (χ4v) is 4.19. The van der Waals surface area contributed by atoms with Gasteiger partial charge in [0.15, 0.2) is 12.2 Å². The predicted octanol–water partition coefficient (Wildman–Crippen LogP) is 1.80. The summed E-state index contributed by atoms with van der Waals surface area (Å²) in [6.07, 6.45) is -1.30. The first kappa shape index (κ1) is 20.5. The maximum atomic E-state index is 12.7. The molecule has 0 bridgehead atoms. The van der Waals surface area contributed by atoms with Crippen molar-refractivity contribution in [1.82, 2.24) is 10.2 Å². The van der Waals surface area contributed by atoms with Gasteiger partial charge in [0.05, 0.1) is 6.04 Å². The van der Waals surface area contributed by atoms with E-state index in [1.807, 2.05) is 48.7 Å². The summed E-state index contributed by atoms with van der Waals surface area (Å²) < 4.78 is 0. The molecule has 1 aliphatic rings. The molecule has 2 heterocycles. The molecule has 0 spiro atoms. The standard InChI is InChI=1S/C21H26N2O4S/c1-14-6-8-15(9-7-14)17-5-2-12-23(17)21(27)19(25)18(24)20(26)22-11-10-16-4-3-13-28-16/h3-4,6-9,13,17-19,24-25H,2,5,10-12H2,1H3,(H,22,26)/t17?,18-,19-/m1/s1. The van der Waals surface area contributed by atoms with Crippen LogP contribution in [0.5, 0.6) is 0 Å². The Morgan fingerprint density at radius 3 is 2.64 bits per heavy atom. The van der Waals surface area contributed by atoms with Gasteiger partial charge in [-0.1, -0.05) is 35.9 Å². The molecule has 1 unspecified atom stereocenters. The lowest BCUT2D eigenvalue weighted by atomic mass is 10.0. The Bertz CT molecular complexity index is 791. The Balaban J connectivity index is 1.57. The highest BCUT2D eigenvalue weighted by Crippen LogP contribution is 2.32. The summed E-state index contributed by atoms with van der Waals surface area (Å²) in [6.45, 7) is 2.84. The van der Waals surface area contributed by atoms with Gasteiger partial charge in [0, 0.05) is 18.0 Å². The second-order valence-corrected chi connectivity index (χ2v) is 8.14. The van der Waals surface area contributed by atoms with Crippen molar-refractivity contribution in [3.8, 4) is 0 Å². The van der Waals surface area contributed by atoms with Crippen molar-refractivity contribution in [3.05, 3.63) is 57.8 Å². The minimum atomic E-state index is -1.78. The molecule has 6 nitrogen and oxygen atoms in total. The van der Waals surface area contributed by atoms with E-state index in [0.29, 0.717) is 19.5 Å². The van der Waals surface area contributed by atoms with E-state index in [-0.39, 0.29) is 6.04 Å². The lowest BCUT2D eigenvalue weighted by Crippen LogP contribution is -2.50. The smallest absolute Gasteiger partial charge is 0.255 e. The van der Waals surface area contributed by atoms with Gasteiger partial charge < -0.3 is 20.4 Å². The Kier molecular flexibility index (Phi) is 6.83. The zero-order chi connectivity index (χ0) is 20.1. The molecule has 1 saturated heterocycles. The van der Waals surface area contributed by atoms with Crippen LogP contribution in [0, 0.1) is 6.92 Å². The molecular weight excluding hydrogens is 376 g/mol. The molecule has 150 valence electrons. The van der Waals surface area contributed by atoms with E-state index in [0.717, 1.165) is 28.8 Å². The summed E-state index contributed by atoms with van der Waals surface area (Å²) in [7, 11) is 0. The van der Waals surface area contributed by atoms with Gasteiger partial charge in [-0.15, -0.1) is 11.3 Å². The predicted molar refractivity (Wildman–Crippen MR) is 108 cm³/mol. The average Bonchev–Trinajstić information content (AvgIpc) is 3.38. The second kappa shape index (κ2) is 9.32. The number of benzene rings is 1. The number of carbonyl (C=O) groups is 2. The summed E-state index contributed by atoms with van der Waals surface area (Å²) in [6, 6.07) is 11.7. The molecule has 1 fully saturated rings. The molecule has 2 amide bonds. The van der Waals surface area contributed by atoms with Crippen LogP contribution < -0.4 is 5.32 Å². The fourth-order valence-electron chi connectivity index (χ4n) is 3.48. The van der Waals surface area contributed by atoms with E-state index in [1.54, 1.807) is 16.2 Å². The molecule has 0 radical (unpaired) electrons. The van der Waals surface area contributed by atoms with E-state index in [4.69, 9.17) is 0 Å². The van der Waals surface area contributed by atoms with Crippen molar-refractivity contribution >= 4 is 23.2 Å². The summed E-state index contributed by atoms with van der Waals surface area (Å²) in [5.74, 6) is -1.34. The molecule has 0 aliphatic carbocycles. The largest absolute Gasteiger partial charge is 0.380 e. The molecule has 0 saturated carbocycles. The Labute approximate surface area is 168 Å². The van der Waals surface area contributed by atoms with Crippen LogP contribution in [0.25, 0.3) is 0 Å². The number of aliphatic hydroxyl groups excluding tert-OH is 2. The quantitative estimate of drug-likeness (QED) is 0.659. The number of carbonyl (C=O) groups excluding carboxylic acids is 2. The van der Waals surface area contributed by atoms with Gasteiger partial charge in [0.2, 0.25) is 0 Å². The zero-order valence-electron chi connectivity index (χ0n) is 15.9. The average molecular weight is 403 g/mol. The number of aliphatic hydroxyl groups is 2. The zero-order valence-corrected chi connectivity index (χ0v) is 16.7. The van der Waals surface area contributed by atoms with Gasteiger partial charge in [0.25, 0.3) is 11.8 Å². The highest BCUT2D eigenvalue weighted by molar-refractivity contribution is 7.09. The topological polar surface area (TPSA) is 89.9 Å². The number of aryl methyl sites for hydroxylation is 1. The van der Waals surface area contributed by atoms with Crippen molar-refractivity contribution < 1.29 is 19.8 Å². The number of hydrogen-bond donors (Lipinski definition) is 3. The molecule has 28 heavy (non-hydrogen) atoms. The highest BCUT2D eigenvalue weighted by atomic mass is 32.1. The van der Waals surface area contributed by atoms with Crippen molar-refractivity contribution in [2.24, 2.45) is 0 Å². The Morgan fingerprint density at radius 1 is 1.21 bits per heavy atom. The molecular formula is C21H26N2O4S. The Hall–Kier alpha value is -2.22. The maximum Gasteiger partial charge on any atom is 0.255 e. The minimum absolute atomic E-state index is 0.142. The van der Waals surface area contributed by atoms with Gasteiger partial charge in [0.1, 0.15) is 0 Å². The lowest BCUT2D eigenvalue weighted by molar-refractivity contribution is -0.153. The first-order valence-electron chi connectivity index (χ1n) is 9.50. The van der Waals surface area contributed by atoms with Gasteiger partial charge in [-0.3, -0.25) is 9.59 Å².